The summed E-state index contributed by atoms with van der Waals surface area (Å²) in [4.78, 5) is 10.2. The zero-order valence-electron chi connectivity index (χ0n) is 16.1. The standard InChI is InChI=1S/C18H11F3N6O4S2/c19-18(20,21)31-13-7-3-11(4-8-13)22-16-25-26-17(33-16)32-9-14-23-24-15(30-14)10-1-5-12(6-2-10)27(28)29/h1-8H,9H2,(H,22,25). The lowest BCUT2D eigenvalue weighted by molar-refractivity contribution is -0.384. The predicted octanol–water partition coefficient (Wildman–Crippen LogP) is 5.43. The predicted molar refractivity (Wildman–Crippen MR) is 112 cm³/mol. The molecule has 4 rings (SSSR count). The van der Waals surface area contributed by atoms with Crippen LogP contribution in [0.1, 0.15) is 5.89 Å². The van der Waals surface area contributed by atoms with Gasteiger partial charge in [0.1, 0.15) is 5.75 Å². The number of hydrogen-bond acceptors (Lipinski definition) is 11. The van der Waals surface area contributed by atoms with E-state index < -0.39 is 11.3 Å². The molecule has 33 heavy (non-hydrogen) atoms. The van der Waals surface area contributed by atoms with Gasteiger partial charge in [0.15, 0.2) is 4.34 Å². The summed E-state index contributed by atoms with van der Waals surface area (Å²) in [7, 11) is 0. The maximum Gasteiger partial charge on any atom is 0.573 e. The van der Waals surface area contributed by atoms with Gasteiger partial charge in [0.2, 0.25) is 16.9 Å². The topological polar surface area (TPSA) is 129 Å². The number of ether oxygens (including phenoxy) is 1. The molecule has 0 bridgehead atoms. The van der Waals surface area contributed by atoms with Crippen LogP contribution >= 0.6 is 23.1 Å². The molecule has 2 aromatic heterocycles. The van der Waals surface area contributed by atoms with E-state index in [0.29, 0.717) is 32.4 Å². The van der Waals surface area contributed by atoms with Crippen LogP contribution in [0.2, 0.25) is 0 Å². The van der Waals surface area contributed by atoms with Crippen LogP contribution in [0, 0.1) is 10.1 Å². The minimum Gasteiger partial charge on any atom is -0.420 e. The average Bonchev–Trinajstić information content (AvgIpc) is 3.42. The van der Waals surface area contributed by atoms with Gasteiger partial charge in [0.25, 0.3) is 5.69 Å². The van der Waals surface area contributed by atoms with Gasteiger partial charge < -0.3 is 14.5 Å². The molecule has 10 nitrogen and oxygen atoms in total. The minimum absolute atomic E-state index is 0.0414. The molecular formula is C18H11F3N6O4S2. The van der Waals surface area contributed by atoms with Gasteiger partial charge in [-0.1, -0.05) is 23.1 Å². The van der Waals surface area contributed by atoms with Gasteiger partial charge in [0.05, 0.1) is 10.7 Å². The molecule has 0 saturated heterocycles. The molecule has 0 atom stereocenters. The van der Waals surface area contributed by atoms with E-state index in [2.05, 4.69) is 30.4 Å². The average molecular weight is 496 g/mol. The number of nitrogens with one attached hydrogen (secondary N) is 1. The lowest BCUT2D eigenvalue weighted by atomic mass is 10.2. The maximum absolute atomic E-state index is 12.2. The van der Waals surface area contributed by atoms with Crippen LogP contribution in [0.15, 0.2) is 57.3 Å². The van der Waals surface area contributed by atoms with Crippen molar-refractivity contribution in [3.63, 3.8) is 0 Å². The van der Waals surface area contributed by atoms with Gasteiger partial charge in [-0.05, 0) is 36.4 Å². The Morgan fingerprint density at radius 1 is 1.06 bits per heavy atom. The molecule has 1 N–H and O–H groups in total. The highest BCUT2D eigenvalue weighted by Crippen LogP contribution is 2.31. The quantitative estimate of drug-likeness (QED) is 0.191. The van der Waals surface area contributed by atoms with Crippen LogP contribution in [0.25, 0.3) is 11.5 Å². The summed E-state index contributed by atoms with van der Waals surface area (Å²) in [6, 6.07) is 11.0. The highest BCUT2D eigenvalue weighted by molar-refractivity contribution is 8.00. The van der Waals surface area contributed by atoms with Crippen molar-refractivity contribution in [1.29, 1.82) is 0 Å². The largest absolute Gasteiger partial charge is 0.573 e. The number of non-ortho nitro benzene ring substituents is 1. The highest BCUT2D eigenvalue weighted by atomic mass is 32.2. The molecule has 0 unspecified atom stereocenters. The van der Waals surface area contributed by atoms with E-state index >= 15 is 0 Å². The fraction of sp³-hybridized carbons (Fsp3) is 0.111. The van der Waals surface area contributed by atoms with Crippen molar-refractivity contribution >= 4 is 39.6 Å². The second-order valence-electron chi connectivity index (χ2n) is 6.16. The van der Waals surface area contributed by atoms with E-state index in [1.807, 2.05) is 0 Å². The van der Waals surface area contributed by atoms with Crippen LogP contribution in [0.5, 0.6) is 5.75 Å². The summed E-state index contributed by atoms with van der Waals surface area (Å²) in [6.07, 6.45) is -4.75. The fourth-order valence-corrected chi connectivity index (χ4v) is 4.07. The molecule has 2 aromatic carbocycles. The number of anilines is 2. The Labute approximate surface area is 191 Å². The Bertz CT molecular complexity index is 1250. The first-order valence-corrected chi connectivity index (χ1v) is 10.7. The van der Waals surface area contributed by atoms with Crippen molar-refractivity contribution < 1.29 is 27.2 Å². The van der Waals surface area contributed by atoms with Gasteiger partial charge in [-0.25, -0.2) is 0 Å². The third kappa shape index (κ3) is 6.17. The van der Waals surface area contributed by atoms with Gasteiger partial charge in [-0.15, -0.1) is 33.6 Å². The Morgan fingerprint density at radius 2 is 1.79 bits per heavy atom. The van der Waals surface area contributed by atoms with Gasteiger partial charge in [0, 0.05) is 23.4 Å². The number of rotatable bonds is 8. The molecule has 0 amide bonds. The van der Waals surface area contributed by atoms with Crippen molar-refractivity contribution in [2.24, 2.45) is 0 Å². The first-order valence-electron chi connectivity index (χ1n) is 8.91. The molecule has 0 aliphatic carbocycles. The van der Waals surface area contributed by atoms with Crippen molar-refractivity contribution in [2.45, 2.75) is 16.5 Å². The molecular weight excluding hydrogens is 485 g/mol. The van der Waals surface area contributed by atoms with Crippen molar-refractivity contribution in [2.75, 3.05) is 5.32 Å². The van der Waals surface area contributed by atoms with Gasteiger partial charge in [-0.2, -0.15) is 0 Å². The molecule has 0 radical (unpaired) electrons. The molecule has 0 spiro atoms. The summed E-state index contributed by atoms with van der Waals surface area (Å²) < 4.78 is 46.7. The van der Waals surface area contributed by atoms with Gasteiger partial charge >= 0.3 is 6.36 Å². The lowest BCUT2D eigenvalue weighted by Crippen LogP contribution is -2.16. The van der Waals surface area contributed by atoms with E-state index in [4.69, 9.17) is 4.42 Å². The summed E-state index contributed by atoms with van der Waals surface area (Å²) in [5.41, 5.74) is 1.03. The molecule has 0 aliphatic rings. The summed E-state index contributed by atoms with van der Waals surface area (Å²) in [6.45, 7) is 0. The Kier molecular flexibility index (Phi) is 6.41. The molecule has 0 aliphatic heterocycles. The molecule has 4 aromatic rings. The Morgan fingerprint density at radius 3 is 2.45 bits per heavy atom. The molecule has 15 heteroatoms. The minimum atomic E-state index is -4.75. The second kappa shape index (κ2) is 9.41. The highest BCUT2D eigenvalue weighted by Gasteiger charge is 2.30. The Hall–Kier alpha value is -3.72. The number of nitro benzene ring substituents is 1. The van der Waals surface area contributed by atoms with Crippen LogP contribution in [-0.2, 0) is 5.75 Å². The third-order valence-corrected chi connectivity index (χ3v) is 5.81. The number of alkyl halides is 3. The first kappa shape index (κ1) is 22.5. The summed E-state index contributed by atoms with van der Waals surface area (Å²) in [5, 5.41) is 30.0. The summed E-state index contributed by atoms with van der Waals surface area (Å²) in [5.74, 6) is 0.559. The third-order valence-electron chi connectivity index (χ3n) is 3.86. The fourth-order valence-electron chi connectivity index (χ4n) is 2.46. The smallest absolute Gasteiger partial charge is 0.420 e. The van der Waals surface area contributed by atoms with E-state index in [1.54, 1.807) is 0 Å². The van der Waals surface area contributed by atoms with Crippen LogP contribution in [0.4, 0.5) is 29.7 Å². The molecule has 170 valence electrons. The zero-order valence-corrected chi connectivity index (χ0v) is 17.8. The van der Waals surface area contributed by atoms with E-state index in [1.165, 1.54) is 71.6 Å². The SMILES string of the molecule is O=[N+]([O-])c1ccc(-c2nnc(CSc3nnc(Nc4ccc(OC(F)(F)F)cc4)s3)o2)cc1. The number of aromatic nitrogens is 4. The van der Waals surface area contributed by atoms with Gasteiger partial charge in [-0.3, -0.25) is 10.1 Å². The Balaban J connectivity index is 1.32. The lowest BCUT2D eigenvalue weighted by Gasteiger charge is -2.09. The van der Waals surface area contributed by atoms with E-state index in [-0.39, 0.29) is 17.3 Å². The molecule has 0 saturated carbocycles. The van der Waals surface area contributed by atoms with Crippen molar-refractivity contribution in [3.8, 4) is 17.2 Å². The summed E-state index contributed by atoms with van der Waals surface area (Å²) >= 11 is 2.54. The number of nitrogens with zero attached hydrogens (tertiary/aromatic N) is 5. The normalized spacial score (nSPS) is 11.4. The van der Waals surface area contributed by atoms with Crippen LogP contribution in [0.3, 0.4) is 0 Å². The van der Waals surface area contributed by atoms with Crippen LogP contribution < -0.4 is 10.1 Å². The van der Waals surface area contributed by atoms with Crippen molar-refractivity contribution in [1.82, 2.24) is 20.4 Å². The number of halogens is 3. The van der Waals surface area contributed by atoms with E-state index in [9.17, 15) is 23.3 Å². The monoisotopic (exact) mass is 496 g/mol. The van der Waals surface area contributed by atoms with Crippen LogP contribution in [-0.4, -0.2) is 31.7 Å². The number of thioether (sulfide) groups is 1. The van der Waals surface area contributed by atoms with E-state index in [0.717, 1.165) is 0 Å². The second-order valence-corrected chi connectivity index (χ2v) is 8.36. The molecule has 2 heterocycles. The number of nitro groups is 1. The number of hydrogen-bond donors (Lipinski definition) is 1. The molecule has 0 fully saturated rings. The zero-order chi connectivity index (χ0) is 23.4. The first-order chi connectivity index (χ1) is 15.7. The maximum atomic E-state index is 12.2. The van der Waals surface area contributed by atoms with Crippen molar-refractivity contribution in [3.05, 3.63) is 64.5 Å². The number of benzene rings is 2.